The fourth-order valence-corrected chi connectivity index (χ4v) is 3.87. The average Bonchev–Trinajstić information content (AvgIpc) is 2.76. The van der Waals surface area contributed by atoms with Gasteiger partial charge in [-0.25, -0.2) is 9.78 Å². The molecular formula is C19H29NO2S. The molecule has 0 unspecified atom stereocenters. The van der Waals surface area contributed by atoms with Gasteiger partial charge in [0.05, 0.1) is 0 Å². The Morgan fingerprint density at radius 2 is 1.70 bits per heavy atom. The first-order chi connectivity index (χ1) is 10.7. The molecule has 2 rings (SSSR count). The van der Waals surface area contributed by atoms with Crippen LogP contribution in [0.2, 0.25) is 0 Å². The smallest absolute Gasteiger partial charge is 0.349 e. The molecular weight excluding hydrogens is 306 g/mol. The number of fused-ring (bicyclic) bond motifs is 1. The molecule has 3 nitrogen and oxygen atoms in total. The summed E-state index contributed by atoms with van der Waals surface area (Å²) in [5, 5.41) is 1.11. The number of pyridine rings is 1. The topological polar surface area (TPSA) is 39.2 Å². The predicted molar refractivity (Wildman–Crippen MR) is 99.7 cm³/mol. The number of aryl methyl sites for hydroxylation is 3. The van der Waals surface area contributed by atoms with E-state index >= 15 is 0 Å². The fraction of sp³-hybridized carbons (Fsp3) is 0.579. The third kappa shape index (κ3) is 4.11. The van der Waals surface area contributed by atoms with E-state index in [1.54, 1.807) is 0 Å². The minimum atomic E-state index is -0.479. The highest BCUT2D eigenvalue weighted by molar-refractivity contribution is 7.20. The zero-order valence-electron chi connectivity index (χ0n) is 15.9. The molecule has 0 amide bonds. The molecule has 0 N–H and O–H groups in total. The van der Waals surface area contributed by atoms with Crippen molar-refractivity contribution in [3.8, 4) is 0 Å². The molecule has 0 saturated carbocycles. The molecule has 128 valence electrons. The number of aromatic nitrogens is 1. The first-order valence-electron chi connectivity index (χ1n) is 8.28. The molecule has 2 aromatic heterocycles. The minimum absolute atomic E-state index is 0.252. The highest BCUT2D eigenvalue weighted by Crippen LogP contribution is 2.35. The molecule has 0 aliphatic rings. The molecule has 0 saturated heterocycles. The standard InChI is InChI=1S/C17H23NO2S.C2H6/c1-8-12-9(2)13-10(3)14(16(19)20-17(5,6)7)21-15(13)18-11(12)4;1-2/h8H2,1-7H3;1-2H3. The van der Waals surface area contributed by atoms with Gasteiger partial charge in [-0.3, -0.25) is 0 Å². The van der Waals surface area contributed by atoms with E-state index < -0.39 is 5.60 Å². The third-order valence-corrected chi connectivity index (χ3v) is 4.77. The van der Waals surface area contributed by atoms with E-state index in [0.29, 0.717) is 4.88 Å². The molecule has 0 aromatic carbocycles. The van der Waals surface area contributed by atoms with Crippen molar-refractivity contribution in [1.29, 1.82) is 0 Å². The Hall–Kier alpha value is -1.42. The molecule has 2 heterocycles. The van der Waals surface area contributed by atoms with Crippen LogP contribution in [-0.2, 0) is 11.2 Å². The molecule has 2 aromatic rings. The van der Waals surface area contributed by atoms with E-state index in [2.05, 4.69) is 18.8 Å². The average molecular weight is 336 g/mol. The summed E-state index contributed by atoms with van der Waals surface area (Å²) in [6, 6.07) is 0. The van der Waals surface area contributed by atoms with E-state index in [-0.39, 0.29) is 5.97 Å². The number of hydrogen-bond acceptors (Lipinski definition) is 4. The number of nitrogens with zero attached hydrogens (tertiary/aromatic N) is 1. The van der Waals surface area contributed by atoms with Crippen LogP contribution in [0.4, 0.5) is 0 Å². The van der Waals surface area contributed by atoms with Gasteiger partial charge in [-0.15, -0.1) is 11.3 Å². The normalized spacial score (nSPS) is 11.2. The SMILES string of the molecule is CC.CCc1c(C)nc2sc(C(=O)OC(C)(C)C)c(C)c2c1C. The van der Waals surface area contributed by atoms with Gasteiger partial charge in [0.1, 0.15) is 15.3 Å². The van der Waals surface area contributed by atoms with Crippen LogP contribution in [0.25, 0.3) is 10.2 Å². The van der Waals surface area contributed by atoms with Crippen LogP contribution in [-0.4, -0.2) is 16.6 Å². The summed E-state index contributed by atoms with van der Waals surface area (Å²) in [7, 11) is 0. The van der Waals surface area contributed by atoms with Crippen LogP contribution >= 0.6 is 11.3 Å². The molecule has 23 heavy (non-hydrogen) atoms. The summed E-state index contributed by atoms with van der Waals surface area (Å²) in [5.74, 6) is -0.252. The predicted octanol–water partition coefficient (Wildman–Crippen LogP) is 5.77. The Balaban J connectivity index is 0.00000127. The van der Waals surface area contributed by atoms with Crippen molar-refractivity contribution >= 4 is 27.5 Å². The first kappa shape index (κ1) is 19.6. The van der Waals surface area contributed by atoms with Gasteiger partial charge in [0, 0.05) is 11.1 Å². The number of rotatable bonds is 2. The molecule has 0 radical (unpaired) electrons. The van der Waals surface area contributed by atoms with Crippen molar-refractivity contribution in [2.24, 2.45) is 0 Å². The van der Waals surface area contributed by atoms with E-state index in [9.17, 15) is 4.79 Å². The monoisotopic (exact) mass is 335 g/mol. The Morgan fingerprint density at radius 3 is 2.17 bits per heavy atom. The van der Waals surface area contributed by atoms with Crippen molar-refractivity contribution in [1.82, 2.24) is 4.98 Å². The molecule has 0 bridgehead atoms. The number of carbonyl (C=O) groups is 1. The number of esters is 1. The lowest BCUT2D eigenvalue weighted by atomic mass is 10.00. The quantitative estimate of drug-likeness (QED) is 0.654. The number of hydrogen-bond donors (Lipinski definition) is 0. The maximum absolute atomic E-state index is 12.4. The van der Waals surface area contributed by atoms with Crippen molar-refractivity contribution < 1.29 is 9.53 Å². The van der Waals surface area contributed by atoms with Crippen molar-refractivity contribution in [3.63, 3.8) is 0 Å². The summed E-state index contributed by atoms with van der Waals surface area (Å²) in [6.45, 7) is 17.9. The molecule has 0 fully saturated rings. The zero-order chi connectivity index (χ0) is 17.9. The summed E-state index contributed by atoms with van der Waals surface area (Å²) in [6.07, 6.45) is 0.956. The first-order valence-corrected chi connectivity index (χ1v) is 9.09. The van der Waals surface area contributed by atoms with Crippen LogP contribution in [0.1, 0.15) is 73.6 Å². The van der Waals surface area contributed by atoms with Crippen LogP contribution in [0.3, 0.4) is 0 Å². The van der Waals surface area contributed by atoms with Gasteiger partial charge in [-0.05, 0) is 64.7 Å². The zero-order valence-corrected chi connectivity index (χ0v) is 16.7. The van der Waals surface area contributed by atoms with Crippen molar-refractivity contribution in [3.05, 3.63) is 27.3 Å². The Morgan fingerprint density at radius 1 is 1.13 bits per heavy atom. The Kier molecular flexibility index (Phi) is 6.34. The van der Waals surface area contributed by atoms with Crippen LogP contribution in [0.15, 0.2) is 0 Å². The largest absolute Gasteiger partial charge is 0.456 e. The molecule has 0 aliphatic carbocycles. The molecule has 0 atom stereocenters. The molecule has 0 aliphatic heterocycles. The lowest BCUT2D eigenvalue weighted by molar-refractivity contribution is 0.00746. The van der Waals surface area contributed by atoms with Gasteiger partial charge in [-0.1, -0.05) is 20.8 Å². The van der Waals surface area contributed by atoms with Crippen LogP contribution < -0.4 is 0 Å². The third-order valence-electron chi connectivity index (χ3n) is 3.60. The van der Waals surface area contributed by atoms with Crippen molar-refractivity contribution in [2.45, 2.75) is 74.3 Å². The minimum Gasteiger partial charge on any atom is -0.456 e. The number of ether oxygens (including phenoxy) is 1. The Labute approximate surface area is 144 Å². The lowest BCUT2D eigenvalue weighted by Gasteiger charge is -2.19. The van der Waals surface area contributed by atoms with Gasteiger partial charge in [-0.2, -0.15) is 0 Å². The maximum atomic E-state index is 12.4. The van der Waals surface area contributed by atoms with Gasteiger partial charge in [0.15, 0.2) is 0 Å². The summed E-state index contributed by atoms with van der Waals surface area (Å²) >= 11 is 1.43. The maximum Gasteiger partial charge on any atom is 0.349 e. The van der Waals surface area contributed by atoms with Gasteiger partial charge in [0.25, 0.3) is 0 Å². The molecule has 4 heteroatoms. The lowest BCUT2D eigenvalue weighted by Crippen LogP contribution is -2.23. The second-order valence-corrected chi connectivity index (χ2v) is 7.39. The van der Waals surface area contributed by atoms with E-state index in [1.165, 1.54) is 22.5 Å². The van der Waals surface area contributed by atoms with E-state index in [1.807, 2.05) is 48.5 Å². The number of carbonyl (C=O) groups excluding carboxylic acids is 1. The van der Waals surface area contributed by atoms with E-state index in [4.69, 9.17) is 4.74 Å². The molecule has 0 spiro atoms. The number of thiophene rings is 1. The van der Waals surface area contributed by atoms with Crippen LogP contribution in [0, 0.1) is 20.8 Å². The van der Waals surface area contributed by atoms with Crippen molar-refractivity contribution in [2.75, 3.05) is 0 Å². The summed E-state index contributed by atoms with van der Waals surface area (Å²) in [5.41, 5.74) is 4.08. The highest BCUT2D eigenvalue weighted by Gasteiger charge is 2.24. The fourth-order valence-electron chi connectivity index (χ4n) is 2.70. The van der Waals surface area contributed by atoms with Gasteiger partial charge in [0.2, 0.25) is 0 Å². The second kappa shape index (κ2) is 7.43. The van der Waals surface area contributed by atoms with Gasteiger partial charge < -0.3 is 4.74 Å². The summed E-state index contributed by atoms with van der Waals surface area (Å²) < 4.78 is 5.50. The summed E-state index contributed by atoms with van der Waals surface area (Å²) in [4.78, 5) is 18.6. The highest BCUT2D eigenvalue weighted by atomic mass is 32.1. The van der Waals surface area contributed by atoms with Crippen LogP contribution in [0.5, 0.6) is 0 Å². The van der Waals surface area contributed by atoms with Gasteiger partial charge >= 0.3 is 5.97 Å². The Bertz CT molecular complexity index is 708. The second-order valence-electron chi connectivity index (χ2n) is 6.39. The van der Waals surface area contributed by atoms with E-state index in [0.717, 1.165) is 27.9 Å².